The van der Waals surface area contributed by atoms with E-state index in [4.69, 9.17) is 39.6 Å². The number of carbonyl (C=O) groups excluding carboxylic acids is 3. The van der Waals surface area contributed by atoms with E-state index in [1.54, 1.807) is 49.6 Å². The van der Waals surface area contributed by atoms with E-state index >= 15 is 0 Å². The van der Waals surface area contributed by atoms with Crippen LogP contribution in [0.4, 0.5) is 46.5 Å². The van der Waals surface area contributed by atoms with Crippen LogP contribution in [0.3, 0.4) is 0 Å². The lowest BCUT2D eigenvalue weighted by Gasteiger charge is -2.31. The number of carbonyl (C=O) groups is 3. The number of fused-ring (bicyclic) bond motifs is 9. The van der Waals surface area contributed by atoms with E-state index in [2.05, 4.69) is 130 Å². The van der Waals surface area contributed by atoms with Crippen LogP contribution in [-0.2, 0) is 4.74 Å². The fraction of sp³-hybridized carbons (Fsp3) is 0.144. The highest BCUT2D eigenvalue weighted by Gasteiger charge is 2.31. The number of likely N-dealkylation sites (tertiary alicyclic amines) is 1. The summed E-state index contributed by atoms with van der Waals surface area (Å²) in [6.45, 7) is 5.08. The van der Waals surface area contributed by atoms with Crippen LogP contribution < -0.4 is 54.4 Å². The van der Waals surface area contributed by atoms with Crippen molar-refractivity contribution in [3.8, 4) is 51.2 Å². The molecule has 13 aromatic heterocycles. The van der Waals surface area contributed by atoms with Gasteiger partial charge in [0, 0.05) is 126 Å². The van der Waals surface area contributed by atoms with Crippen molar-refractivity contribution in [2.45, 2.75) is 25.3 Å². The average molecular weight is 1870 g/mol. The van der Waals surface area contributed by atoms with E-state index in [0.717, 1.165) is 70.4 Å². The van der Waals surface area contributed by atoms with Crippen LogP contribution in [0, 0.1) is 5.92 Å². The van der Waals surface area contributed by atoms with E-state index in [0.29, 0.717) is 214 Å². The number of piperazine rings is 1. The van der Waals surface area contributed by atoms with Crippen LogP contribution in [0.1, 0.15) is 50.7 Å². The number of para-hydroxylation sites is 5. The third kappa shape index (κ3) is 17.7. The molecular weight excluding hydrogens is 1790 g/mol. The van der Waals surface area contributed by atoms with Gasteiger partial charge in [0.25, 0.3) is 45.5 Å². The first-order valence-electron chi connectivity index (χ1n) is 44.7. The van der Waals surface area contributed by atoms with Crippen molar-refractivity contribution < 1.29 is 19.1 Å². The molecule has 0 bridgehead atoms. The minimum atomic E-state index is -0.279. The number of nitrogens with one attached hydrogen (secondary N) is 17. The Hall–Kier alpha value is -19.1. The Morgan fingerprint density at radius 1 is 0.364 bits per heavy atom. The van der Waals surface area contributed by atoms with E-state index in [1.165, 1.54) is 10.7 Å². The quantitative estimate of drug-likeness (QED) is 0.0357. The van der Waals surface area contributed by atoms with Gasteiger partial charge in [0.15, 0.2) is 52.1 Å². The molecule has 25 rings (SSSR count). The maximum atomic E-state index is 13.0. The molecule has 22 aromatic rings. The second kappa shape index (κ2) is 36.7. The fourth-order valence-electron chi connectivity index (χ4n) is 16.8. The van der Waals surface area contributed by atoms with Gasteiger partial charge in [-0.3, -0.25) is 99.5 Å². The maximum Gasteiger partial charge on any atom is 0.273 e. The second-order valence-corrected chi connectivity index (χ2v) is 33.8. The molecule has 17 N–H and O–H groups in total. The Bertz CT molecular complexity index is 8890. The molecule has 43 nitrogen and oxygen atoms in total. The summed E-state index contributed by atoms with van der Waals surface area (Å²) in [5.74, 6) is 5.86. The van der Waals surface area contributed by atoms with Crippen molar-refractivity contribution in [1.82, 2.24) is 151 Å². The molecule has 0 radical (unpaired) electrons. The summed E-state index contributed by atoms with van der Waals surface area (Å²) in [6, 6.07) is 68.1. The average Bonchev–Trinajstić information content (AvgIpc) is 1.36. The highest BCUT2D eigenvalue weighted by molar-refractivity contribution is 6.01. The zero-order valence-corrected chi connectivity index (χ0v) is 74.4. The van der Waals surface area contributed by atoms with Crippen LogP contribution in [0.2, 0.25) is 0 Å². The number of anilines is 8. The lowest BCUT2D eigenvalue weighted by Crippen LogP contribution is -2.47. The Labute approximate surface area is 785 Å². The van der Waals surface area contributed by atoms with Gasteiger partial charge in [-0.05, 0) is 160 Å². The van der Waals surface area contributed by atoms with Gasteiger partial charge in [-0.1, -0.05) is 66.7 Å². The monoisotopic (exact) mass is 1870 g/mol. The van der Waals surface area contributed by atoms with Gasteiger partial charge < -0.3 is 46.0 Å². The molecule has 1 saturated carbocycles. The van der Waals surface area contributed by atoms with Gasteiger partial charge in [-0.2, -0.15) is 30.2 Å². The Morgan fingerprint density at radius 3 is 1.16 bits per heavy atom. The third-order valence-corrected chi connectivity index (χ3v) is 24.3. The number of nitrogens with zero attached hydrogens (tertiary/aromatic N) is 17. The first kappa shape index (κ1) is 86.3. The normalized spacial score (nSPS) is 13.8. The molecule has 3 aliphatic rings. The van der Waals surface area contributed by atoms with Gasteiger partial charge in [0.2, 0.25) is 0 Å². The summed E-state index contributed by atoms with van der Waals surface area (Å²) in [5.41, 5.74) is 10.3. The van der Waals surface area contributed by atoms with Crippen molar-refractivity contribution in [2.24, 2.45) is 5.92 Å². The predicted octanol–water partition coefficient (Wildman–Crippen LogP) is 11.8. The number of benzene rings is 9. The SMILES string of the molecule is CN1CCN(C(=O)c2cc(Nc3nc(-c4ccc5[nH][nH]c(=O)c5c4)nc4ccccc34)n[nH]2)CC1.COC[C@H]1CCN(C(=O)c2cc(Nc3nc(-c4ccc5[nH][nH]c(=O)c5c4)nc4ccccc34)n[nH]2)C1.O=C(NC1CC1)c1cc(Nc2nc(-c3ccc4[nH][nH]c(=O)c4c3)nc3ccccc23)n[nH]1.O=c1[nH][nH]c2ccc(-c3nc(Nc4n[nH]c5cc(=O)n(-c6ccccc6)nc45)c4ccccc4n3)cc12. The summed E-state index contributed by atoms with van der Waals surface area (Å²) in [5, 5.41) is 76.0. The number of amides is 3. The van der Waals surface area contributed by atoms with E-state index in [-0.39, 0.29) is 51.6 Å². The molecule has 2 saturated heterocycles. The number of rotatable bonds is 19. The number of aromatic amines is 12. The van der Waals surface area contributed by atoms with E-state index < -0.39 is 0 Å². The van der Waals surface area contributed by atoms with Crippen molar-refractivity contribution >= 4 is 163 Å². The van der Waals surface area contributed by atoms with Crippen molar-refractivity contribution in [2.75, 3.05) is 81.3 Å². The minimum Gasteiger partial charge on any atom is -0.384 e. The Morgan fingerprint density at radius 2 is 0.750 bits per heavy atom. The number of likely N-dealkylation sites (N-methyl/N-ethyl adjacent to an activating group) is 1. The lowest BCUT2D eigenvalue weighted by molar-refractivity contribution is 0.0657. The molecule has 694 valence electrons. The molecule has 9 aromatic carbocycles. The second-order valence-electron chi connectivity index (χ2n) is 33.8. The zero-order chi connectivity index (χ0) is 95.2. The molecule has 1 aliphatic carbocycles. The molecule has 140 heavy (non-hydrogen) atoms. The van der Waals surface area contributed by atoms with Gasteiger partial charge in [-0.15, -0.1) is 0 Å². The highest BCUT2D eigenvalue weighted by atomic mass is 16.5. The number of hydrogen-bond acceptors (Lipinski definition) is 27. The topological polar surface area (TPSA) is 578 Å². The van der Waals surface area contributed by atoms with Crippen molar-refractivity contribution in [1.29, 1.82) is 0 Å². The number of aromatic nitrogens is 26. The van der Waals surface area contributed by atoms with Crippen molar-refractivity contribution in [3.63, 3.8) is 0 Å². The zero-order valence-electron chi connectivity index (χ0n) is 74.4. The summed E-state index contributed by atoms with van der Waals surface area (Å²) >= 11 is 0. The molecule has 2 aliphatic heterocycles. The van der Waals surface area contributed by atoms with Crippen LogP contribution in [0.15, 0.2) is 248 Å². The molecule has 3 amide bonds. The molecule has 15 heterocycles. The van der Waals surface area contributed by atoms with Gasteiger partial charge in [0.1, 0.15) is 40.4 Å². The number of hydrogen-bond donors (Lipinski definition) is 17. The number of methoxy groups -OCH3 is 1. The van der Waals surface area contributed by atoms with Gasteiger partial charge >= 0.3 is 0 Å². The van der Waals surface area contributed by atoms with Crippen LogP contribution in [0.25, 0.3) is 149 Å². The third-order valence-electron chi connectivity index (χ3n) is 24.3. The van der Waals surface area contributed by atoms with Gasteiger partial charge in [-0.25, -0.2) is 39.9 Å². The molecule has 0 spiro atoms. The molecule has 1 atom stereocenters. The smallest absolute Gasteiger partial charge is 0.273 e. The van der Waals surface area contributed by atoms with E-state index in [9.17, 15) is 38.4 Å². The number of ether oxygens (including phenoxy) is 1. The lowest BCUT2D eigenvalue weighted by atomic mass is 10.1. The highest BCUT2D eigenvalue weighted by Crippen LogP contribution is 2.36. The molecule has 3 fully saturated rings. The standard InChI is InChI=1S/C26H17N9O2.C25H24N8O3.C24H23N9O2.C22H18N8O2/c36-21-13-20-22(34-35(21)15-6-2-1-3-7-15)25(32-31-20)29-24-16-8-4-5-9-18(16)27-23(28-24)14-10-11-19-17(12-14)26(37)33-30-19;1-36-13-14-8-9-33(12-14)25(35)20-11-21(31-30-20)27-23-16-4-2-3-5-18(16)26-22(28-23)15-6-7-19-17(10-15)24(34)32-29-19;1-32-8-10-33(11-9-32)24(35)19-13-20(30-29-19)26-22-15-4-2-3-5-17(15)25-21(27-22)14-6-7-18-16(12-14)23(34)31-28-18;31-21-14-9-11(5-8-16(14)27-30-21)19-24-15-4-2-1-3-13(15)20(26-19)25-18-10-17(28-29-18)22(32)23-12-6-7-12/h1-13,31H,(H2,30,33,37)(H,27,28,29,32);2-7,10-11,14H,8-9,12-13H2,1H3,(H2,29,32,34)(H2,26,27,28,30,31);2-7,12-13H,8-11H2,1H3,(H2,28,31,34)(H2,25,26,27,29,30);1-5,8-10,12H,6-7H2,(H,23,32)(H2,27,30,31)(H2,24,25,26,28,29)/t;14-;;/m.0../s1. The maximum absolute atomic E-state index is 13.0. The molecular formula is C97H82N34O9. The number of H-pyrrole nitrogens is 12. The predicted molar refractivity (Wildman–Crippen MR) is 528 cm³/mol. The van der Waals surface area contributed by atoms with E-state index in [1.807, 2.05) is 186 Å². The molecule has 0 unspecified atom stereocenters. The Kier molecular flexibility index (Phi) is 22.6. The van der Waals surface area contributed by atoms with Crippen molar-refractivity contribution in [3.05, 3.63) is 293 Å². The van der Waals surface area contributed by atoms with Crippen LogP contribution in [0.5, 0.6) is 0 Å². The Balaban J connectivity index is 0.000000107. The fourth-order valence-corrected chi connectivity index (χ4v) is 16.8. The first-order valence-corrected chi connectivity index (χ1v) is 44.7. The first-order chi connectivity index (χ1) is 68.4. The van der Waals surface area contributed by atoms with Gasteiger partial charge in [0.05, 0.1) is 83.5 Å². The molecule has 43 heteroatoms. The summed E-state index contributed by atoms with van der Waals surface area (Å²) in [4.78, 5) is 143. The summed E-state index contributed by atoms with van der Waals surface area (Å²) in [7, 11) is 3.73. The summed E-state index contributed by atoms with van der Waals surface area (Å²) < 4.78 is 6.56. The largest absolute Gasteiger partial charge is 0.384 e. The van der Waals surface area contributed by atoms with Crippen LogP contribution in [-0.4, -0.2) is 230 Å². The minimum absolute atomic E-state index is 0.0723. The summed E-state index contributed by atoms with van der Waals surface area (Å²) in [6.07, 6.45) is 2.96. The van der Waals surface area contributed by atoms with Crippen LogP contribution >= 0.6 is 0 Å².